The Labute approximate surface area is 191 Å². The maximum atomic E-state index is 12.5. The molecule has 166 valence electrons. The highest BCUT2D eigenvalue weighted by Crippen LogP contribution is 2.36. The normalized spacial score (nSPS) is 16.2. The molecule has 1 atom stereocenters. The molecular weight excluding hydrogens is 416 g/mol. The molecule has 1 fully saturated rings. The van der Waals surface area contributed by atoms with Crippen LogP contribution >= 0.6 is 0 Å². The summed E-state index contributed by atoms with van der Waals surface area (Å²) in [4.78, 5) is 27.6. The number of hydrogen-bond donors (Lipinski definition) is 2. The van der Waals surface area contributed by atoms with Crippen LogP contribution in [0.4, 0.5) is 5.82 Å². The van der Waals surface area contributed by atoms with Crippen molar-refractivity contribution in [2.75, 3.05) is 18.8 Å². The highest BCUT2D eigenvalue weighted by atomic mass is 16.3. The molecule has 5 rings (SSSR count). The van der Waals surface area contributed by atoms with Crippen LogP contribution in [0.15, 0.2) is 49.1 Å². The van der Waals surface area contributed by atoms with Gasteiger partial charge in [-0.25, -0.2) is 9.97 Å². The smallest absolute Gasteiger partial charge is 0.298 e. The first-order valence-electron chi connectivity index (χ1n) is 10.8. The number of likely N-dealkylation sites (tertiary alicyclic amines) is 1. The summed E-state index contributed by atoms with van der Waals surface area (Å²) in [6.07, 6.45) is 6.09. The zero-order chi connectivity index (χ0) is 23.2. The summed E-state index contributed by atoms with van der Waals surface area (Å²) in [7, 11) is 0. The van der Waals surface area contributed by atoms with E-state index in [0.29, 0.717) is 18.9 Å². The Hall–Kier alpha value is -3.96. The number of aromatic nitrogens is 4. The lowest BCUT2D eigenvalue weighted by molar-refractivity contribution is -0.124. The van der Waals surface area contributed by atoms with Crippen LogP contribution in [0.3, 0.4) is 0 Å². The van der Waals surface area contributed by atoms with E-state index in [1.807, 2.05) is 36.7 Å². The van der Waals surface area contributed by atoms with Crippen molar-refractivity contribution < 1.29 is 9.90 Å². The van der Waals surface area contributed by atoms with E-state index in [4.69, 9.17) is 5.73 Å². The van der Waals surface area contributed by atoms with Crippen LogP contribution in [0.1, 0.15) is 26.3 Å². The van der Waals surface area contributed by atoms with Crippen molar-refractivity contribution >= 4 is 33.7 Å². The molecule has 0 spiro atoms. The zero-order valence-corrected chi connectivity index (χ0v) is 18.5. The van der Waals surface area contributed by atoms with Crippen LogP contribution in [0.5, 0.6) is 0 Å². The van der Waals surface area contributed by atoms with Crippen molar-refractivity contribution in [2.45, 2.75) is 31.9 Å². The summed E-state index contributed by atoms with van der Waals surface area (Å²) < 4.78 is 2.08. The van der Waals surface area contributed by atoms with Crippen molar-refractivity contribution in [3.05, 3.63) is 49.1 Å². The van der Waals surface area contributed by atoms with Gasteiger partial charge in [0.05, 0.1) is 16.9 Å². The number of hydrogen-bond acceptors (Lipinski definition) is 6. The minimum Gasteiger partial charge on any atom is -0.383 e. The predicted octanol–water partition coefficient (Wildman–Crippen LogP) is 2.78. The van der Waals surface area contributed by atoms with E-state index >= 15 is 0 Å². The second-order valence-electron chi connectivity index (χ2n) is 8.83. The number of para-hydroxylation sites is 1. The first kappa shape index (κ1) is 20.9. The maximum Gasteiger partial charge on any atom is 0.298 e. The number of nitrogens with two attached hydrogens (primary N) is 1. The molecule has 1 aromatic carbocycles. The van der Waals surface area contributed by atoms with E-state index in [-0.39, 0.29) is 11.9 Å². The Kier molecular flexibility index (Phi) is 4.99. The lowest BCUT2D eigenvalue weighted by atomic mass is 10.1. The van der Waals surface area contributed by atoms with Crippen LogP contribution in [0.25, 0.3) is 33.1 Å². The molecule has 0 unspecified atom stereocenters. The molecule has 1 saturated heterocycles. The molecule has 0 radical (unpaired) electrons. The molecule has 1 amide bonds. The van der Waals surface area contributed by atoms with Crippen molar-refractivity contribution in [3.8, 4) is 23.0 Å². The van der Waals surface area contributed by atoms with Gasteiger partial charge in [-0.1, -0.05) is 24.1 Å². The van der Waals surface area contributed by atoms with Crippen molar-refractivity contribution in [1.29, 1.82) is 0 Å². The number of carbonyl (C=O) groups excluding carboxylic acids is 1. The van der Waals surface area contributed by atoms with E-state index in [9.17, 15) is 9.90 Å². The summed E-state index contributed by atoms with van der Waals surface area (Å²) >= 11 is 0. The largest absolute Gasteiger partial charge is 0.383 e. The van der Waals surface area contributed by atoms with Crippen molar-refractivity contribution in [3.63, 3.8) is 0 Å². The molecule has 33 heavy (non-hydrogen) atoms. The Morgan fingerprint density at radius 1 is 1.24 bits per heavy atom. The third-order valence-corrected chi connectivity index (χ3v) is 5.86. The summed E-state index contributed by atoms with van der Waals surface area (Å²) in [5.74, 6) is 5.27. The number of amides is 1. The number of aliphatic hydroxyl groups is 1. The molecule has 0 aliphatic carbocycles. The quantitative estimate of drug-likeness (QED) is 0.464. The molecule has 3 aromatic heterocycles. The monoisotopic (exact) mass is 440 g/mol. The SMILES string of the molecule is CC(C)(O)C#CC(=O)N1CC[C@@H](n2cc(-c3cnc4ccccc4c3)c3c(N)ncnc32)C1. The highest BCUT2D eigenvalue weighted by molar-refractivity contribution is 6.02. The fourth-order valence-corrected chi connectivity index (χ4v) is 4.26. The fourth-order valence-electron chi connectivity index (χ4n) is 4.26. The number of fused-ring (bicyclic) bond motifs is 2. The number of carbonyl (C=O) groups is 1. The second kappa shape index (κ2) is 7.87. The lowest BCUT2D eigenvalue weighted by Crippen LogP contribution is -2.28. The molecule has 3 N–H and O–H groups in total. The van der Waals surface area contributed by atoms with E-state index in [0.717, 1.165) is 39.5 Å². The lowest BCUT2D eigenvalue weighted by Gasteiger charge is -2.15. The van der Waals surface area contributed by atoms with Crippen LogP contribution in [-0.2, 0) is 4.79 Å². The van der Waals surface area contributed by atoms with Gasteiger partial charge < -0.3 is 20.3 Å². The molecular formula is C25H24N6O2. The van der Waals surface area contributed by atoms with Gasteiger partial charge in [-0.15, -0.1) is 0 Å². The van der Waals surface area contributed by atoms with Gasteiger partial charge in [0.15, 0.2) is 0 Å². The summed E-state index contributed by atoms with van der Waals surface area (Å²) in [5, 5.41) is 11.6. The van der Waals surface area contributed by atoms with Gasteiger partial charge in [0.1, 0.15) is 23.4 Å². The van der Waals surface area contributed by atoms with E-state index < -0.39 is 5.60 Å². The standard InChI is InChI=1S/C25H24N6O2/c1-25(2,33)9-7-21(32)30-10-8-18(13-30)31-14-19(22-23(26)28-15-29-24(22)31)17-11-16-5-3-4-6-20(16)27-12-17/h3-6,11-12,14-15,18,33H,8,10,13H2,1-2H3,(H2,26,28,29)/t18-/m1/s1. The van der Waals surface area contributed by atoms with Crippen LogP contribution in [0.2, 0.25) is 0 Å². The summed E-state index contributed by atoms with van der Waals surface area (Å²) in [6, 6.07) is 10.1. The van der Waals surface area contributed by atoms with Crippen LogP contribution in [0, 0.1) is 11.8 Å². The number of benzene rings is 1. The minimum absolute atomic E-state index is 0.0249. The Bertz CT molecular complexity index is 1440. The molecule has 4 heterocycles. The number of rotatable bonds is 2. The van der Waals surface area contributed by atoms with Crippen molar-refractivity contribution in [1.82, 2.24) is 24.4 Å². The van der Waals surface area contributed by atoms with E-state index in [1.165, 1.54) is 6.33 Å². The first-order chi connectivity index (χ1) is 15.8. The molecule has 0 bridgehead atoms. The van der Waals surface area contributed by atoms with Gasteiger partial charge in [-0.3, -0.25) is 9.78 Å². The molecule has 4 aromatic rings. The van der Waals surface area contributed by atoms with Gasteiger partial charge in [-0.05, 0) is 38.3 Å². The molecule has 1 aliphatic heterocycles. The zero-order valence-electron chi connectivity index (χ0n) is 18.5. The summed E-state index contributed by atoms with van der Waals surface area (Å²) in [6.45, 7) is 4.19. The third-order valence-electron chi connectivity index (χ3n) is 5.86. The molecule has 8 heteroatoms. The van der Waals surface area contributed by atoms with E-state index in [2.05, 4.69) is 37.4 Å². The van der Waals surface area contributed by atoms with Crippen LogP contribution in [-0.4, -0.2) is 54.1 Å². The third kappa shape index (κ3) is 3.99. The average molecular weight is 441 g/mol. The van der Waals surface area contributed by atoms with Gasteiger partial charge in [0.25, 0.3) is 5.91 Å². The second-order valence-corrected chi connectivity index (χ2v) is 8.83. The van der Waals surface area contributed by atoms with Crippen molar-refractivity contribution in [2.24, 2.45) is 0 Å². The number of anilines is 1. The van der Waals surface area contributed by atoms with Gasteiger partial charge >= 0.3 is 0 Å². The maximum absolute atomic E-state index is 12.5. The highest BCUT2D eigenvalue weighted by Gasteiger charge is 2.29. The van der Waals surface area contributed by atoms with Crippen LogP contribution < -0.4 is 5.73 Å². The molecule has 8 nitrogen and oxygen atoms in total. The molecule has 0 saturated carbocycles. The van der Waals surface area contributed by atoms with Gasteiger partial charge in [0.2, 0.25) is 0 Å². The molecule has 1 aliphatic rings. The first-order valence-corrected chi connectivity index (χ1v) is 10.8. The Morgan fingerprint density at radius 3 is 2.88 bits per heavy atom. The topological polar surface area (TPSA) is 110 Å². The number of nitrogens with zero attached hydrogens (tertiary/aromatic N) is 5. The fraction of sp³-hybridized carbons (Fsp3) is 0.280. The minimum atomic E-state index is -1.21. The number of pyridine rings is 1. The Balaban J connectivity index is 1.53. The van der Waals surface area contributed by atoms with Gasteiger partial charge in [0, 0.05) is 42.0 Å². The Morgan fingerprint density at radius 2 is 2.06 bits per heavy atom. The van der Waals surface area contributed by atoms with Gasteiger partial charge in [-0.2, -0.15) is 0 Å². The average Bonchev–Trinajstić information content (AvgIpc) is 3.42. The van der Waals surface area contributed by atoms with E-state index in [1.54, 1.807) is 18.7 Å². The summed E-state index contributed by atoms with van der Waals surface area (Å²) in [5.41, 5.74) is 8.57. The predicted molar refractivity (Wildman–Crippen MR) is 127 cm³/mol. The number of nitrogen functional groups attached to an aromatic ring is 1.